The lowest BCUT2D eigenvalue weighted by molar-refractivity contribution is -0.177. The lowest BCUT2D eigenvalue weighted by Crippen LogP contribution is -2.50. The topological polar surface area (TPSA) is 58.6 Å². The number of hydrogen-bond donors (Lipinski definition) is 1. The highest BCUT2D eigenvalue weighted by Gasteiger charge is 2.52. The van der Waals surface area contributed by atoms with E-state index in [0.29, 0.717) is 0 Å². The van der Waals surface area contributed by atoms with Gasteiger partial charge in [0.25, 0.3) is 0 Å². The molecule has 1 atom stereocenters. The number of alkyl halides is 3. The molecule has 1 unspecified atom stereocenters. The summed E-state index contributed by atoms with van der Waals surface area (Å²) < 4.78 is 42.4. The standard InChI is InChI=1S/C9H13F3N2O3/c1-8(2,3)17-7(16)14-5(9(10,11)12)4-6(15)13-14/h5H,4H2,1-3H3,(H,13,15). The number of amides is 2. The van der Waals surface area contributed by atoms with Crippen molar-refractivity contribution in [3.05, 3.63) is 0 Å². The van der Waals surface area contributed by atoms with Gasteiger partial charge in [-0.05, 0) is 20.8 Å². The number of halogens is 3. The summed E-state index contributed by atoms with van der Waals surface area (Å²) in [5, 5.41) is 0.188. The molecule has 5 nitrogen and oxygen atoms in total. The van der Waals surface area contributed by atoms with Crippen LogP contribution in [0, 0.1) is 0 Å². The maximum Gasteiger partial charge on any atom is 0.429 e. The Balaban J connectivity index is 2.81. The number of ether oxygens (including phenoxy) is 1. The number of carbonyl (C=O) groups excluding carboxylic acids is 2. The Morgan fingerprint density at radius 3 is 2.35 bits per heavy atom. The van der Waals surface area contributed by atoms with Crippen LogP contribution in [0.3, 0.4) is 0 Å². The van der Waals surface area contributed by atoms with Gasteiger partial charge in [-0.3, -0.25) is 10.2 Å². The molecule has 1 aliphatic heterocycles. The summed E-state index contributed by atoms with van der Waals surface area (Å²) in [5.41, 5.74) is 0.903. The van der Waals surface area contributed by atoms with Gasteiger partial charge < -0.3 is 4.74 Å². The minimum absolute atomic E-state index is 0.188. The normalized spacial score (nSPS) is 21.4. The highest BCUT2D eigenvalue weighted by Crippen LogP contribution is 2.30. The van der Waals surface area contributed by atoms with Gasteiger partial charge in [-0.25, -0.2) is 9.80 Å². The second kappa shape index (κ2) is 4.08. The summed E-state index contributed by atoms with van der Waals surface area (Å²) in [7, 11) is 0. The first-order valence-electron chi connectivity index (χ1n) is 4.89. The number of nitrogens with zero attached hydrogens (tertiary/aromatic N) is 1. The molecule has 0 radical (unpaired) electrons. The van der Waals surface area contributed by atoms with Crippen molar-refractivity contribution in [2.75, 3.05) is 0 Å². The van der Waals surface area contributed by atoms with E-state index >= 15 is 0 Å². The third kappa shape index (κ3) is 3.50. The van der Waals surface area contributed by atoms with Crippen LogP contribution in [-0.2, 0) is 9.53 Å². The van der Waals surface area contributed by atoms with Crippen LogP contribution in [0.2, 0.25) is 0 Å². The van der Waals surface area contributed by atoms with Crippen LogP contribution in [0.25, 0.3) is 0 Å². The highest BCUT2D eigenvalue weighted by molar-refractivity contribution is 5.83. The highest BCUT2D eigenvalue weighted by atomic mass is 19.4. The summed E-state index contributed by atoms with van der Waals surface area (Å²) in [6.07, 6.45) is -6.69. The molecule has 0 aliphatic carbocycles. The zero-order valence-corrected chi connectivity index (χ0v) is 9.59. The first kappa shape index (κ1) is 13.6. The van der Waals surface area contributed by atoms with E-state index in [9.17, 15) is 22.8 Å². The van der Waals surface area contributed by atoms with Crippen LogP contribution in [-0.4, -0.2) is 34.8 Å². The van der Waals surface area contributed by atoms with Gasteiger partial charge in [0.15, 0.2) is 6.04 Å². The molecule has 0 aromatic rings. The lowest BCUT2D eigenvalue weighted by atomic mass is 10.2. The Hall–Kier alpha value is -1.47. The van der Waals surface area contributed by atoms with Crippen molar-refractivity contribution in [1.82, 2.24) is 10.4 Å². The number of nitrogens with one attached hydrogen (secondary N) is 1. The van der Waals surface area contributed by atoms with E-state index in [4.69, 9.17) is 4.74 Å². The molecular formula is C9H13F3N2O3. The summed E-state index contributed by atoms with van der Waals surface area (Å²) in [6, 6.07) is -2.18. The van der Waals surface area contributed by atoms with E-state index in [1.54, 1.807) is 0 Å². The van der Waals surface area contributed by atoms with E-state index in [2.05, 4.69) is 0 Å². The molecule has 0 aromatic heterocycles. The van der Waals surface area contributed by atoms with Crippen LogP contribution in [0.5, 0.6) is 0 Å². The zero-order chi connectivity index (χ0) is 13.4. The summed E-state index contributed by atoms with van der Waals surface area (Å²) >= 11 is 0. The van der Waals surface area contributed by atoms with E-state index in [0.717, 1.165) is 0 Å². The average Bonchev–Trinajstić information content (AvgIpc) is 2.43. The third-order valence-corrected chi connectivity index (χ3v) is 1.90. The first-order valence-corrected chi connectivity index (χ1v) is 4.89. The predicted octanol–water partition coefficient (Wildman–Crippen LogP) is 1.59. The van der Waals surface area contributed by atoms with E-state index in [1.165, 1.54) is 20.8 Å². The largest absolute Gasteiger partial charge is 0.442 e. The van der Waals surface area contributed by atoms with Crippen LogP contribution in [0.1, 0.15) is 27.2 Å². The monoisotopic (exact) mass is 254 g/mol. The molecule has 0 saturated carbocycles. The Labute approximate surface area is 95.9 Å². The molecule has 0 bridgehead atoms. The van der Waals surface area contributed by atoms with Crippen molar-refractivity contribution in [3.63, 3.8) is 0 Å². The minimum Gasteiger partial charge on any atom is -0.442 e. The lowest BCUT2D eigenvalue weighted by Gasteiger charge is -2.28. The van der Waals surface area contributed by atoms with Gasteiger partial charge in [-0.1, -0.05) is 0 Å². The molecule has 0 spiro atoms. The maximum absolute atomic E-state index is 12.5. The summed E-state index contributed by atoms with van der Waals surface area (Å²) in [5.74, 6) is -0.863. The van der Waals surface area contributed by atoms with Gasteiger partial charge in [0.1, 0.15) is 5.60 Å². The predicted molar refractivity (Wildman–Crippen MR) is 50.7 cm³/mol. The van der Waals surface area contributed by atoms with Crippen LogP contribution in [0.4, 0.5) is 18.0 Å². The van der Waals surface area contributed by atoms with Crippen molar-refractivity contribution in [2.45, 2.75) is 45.0 Å². The molecule has 1 heterocycles. The number of hydrazine groups is 1. The van der Waals surface area contributed by atoms with Crippen LogP contribution < -0.4 is 5.43 Å². The zero-order valence-electron chi connectivity index (χ0n) is 9.59. The average molecular weight is 254 g/mol. The third-order valence-electron chi connectivity index (χ3n) is 1.90. The summed E-state index contributed by atoms with van der Waals surface area (Å²) in [6.45, 7) is 4.56. The molecule has 17 heavy (non-hydrogen) atoms. The van der Waals surface area contributed by atoms with Crippen LogP contribution in [0.15, 0.2) is 0 Å². The molecule has 1 rings (SSSR count). The van der Waals surface area contributed by atoms with Gasteiger partial charge in [-0.15, -0.1) is 0 Å². The number of carbonyl (C=O) groups is 2. The van der Waals surface area contributed by atoms with Gasteiger partial charge >= 0.3 is 12.3 Å². The van der Waals surface area contributed by atoms with Crippen molar-refractivity contribution in [2.24, 2.45) is 0 Å². The van der Waals surface area contributed by atoms with E-state index in [-0.39, 0.29) is 5.01 Å². The van der Waals surface area contributed by atoms with Crippen LogP contribution >= 0.6 is 0 Å². The van der Waals surface area contributed by atoms with Gasteiger partial charge in [0, 0.05) is 0 Å². The summed E-state index contributed by atoms with van der Waals surface area (Å²) in [4.78, 5) is 22.4. The van der Waals surface area contributed by atoms with Gasteiger partial charge in [-0.2, -0.15) is 13.2 Å². The van der Waals surface area contributed by atoms with Crippen molar-refractivity contribution in [1.29, 1.82) is 0 Å². The van der Waals surface area contributed by atoms with Crippen molar-refractivity contribution >= 4 is 12.0 Å². The smallest absolute Gasteiger partial charge is 0.429 e. The molecule has 0 aromatic carbocycles. The van der Waals surface area contributed by atoms with Gasteiger partial charge in [0.05, 0.1) is 6.42 Å². The molecule has 1 N–H and O–H groups in total. The Morgan fingerprint density at radius 2 is 1.94 bits per heavy atom. The Morgan fingerprint density at radius 1 is 1.41 bits per heavy atom. The molecular weight excluding hydrogens is 241 g/mol. The van der Waals surface area contributed by atoms with Gasteiger partial charge in [0.2, 0.25) is 5.91 Å². The minimum atomic E-state index is -4.67. The molecule has 1 fully saturated rings. The number of rotatable bonds is 0. The van der Waals surface area contributed by atoms with Crippen molar-refractivity contribution < 1.29 is 27.5 Å². The fourth-order valence-electron chi connectivity index (χ4n) is 1.27. The molecule has 8 heteroatoms. The fourth-order valence-corrected chi connectivity index (χ4v) is 1.27. The Kier molecular flexibility index (Phi) is 3.26. The fraction of sp³-hybridized carbons (Fsp3) is 0.778. The second-order valence-electron chi connectivity index (χ2n) is 4.65. The van der Waals surface area contributed by atoms with Crippen molar-refractivity contribution in [3.8, 4) is 0 Å². The molecule has 1 saturated heterocycles. The SMILES string of the molecule is CC(C)(C)OC(=O)N1NC(=O)CC1C(F)(F)F. The second-order valence-corrected chi connectivity index (χ2v) is 4.65. The molecule has 1 aliphatic rings. The Bertz CT molecular complexity index is 335. The molecule has 98 valence electrons. The molecule has 2 amide bonds. The van der Waals surface area contributed by atoms with E-state index in [1.807, 2.05) is 5.43 Å². The van der Waals surface area contributed by atoms with E-state index < -0.39 is 36.2 Å². The maximum atomic E-state index is 12.5. The number of hydrogen-bond acceptors (Lipinski definition) is 3. The quantitative estimate of drug-likeness (QED) is 0.714. The first-order chi connectivity index (χ1) is 7.50.